The van der Waals surface area contributed by atoms with Crippen LogP contribution in [0.15, 0.2) is 18.2 Å². The largest absolute Gasteiger partial charge is 0.467 e. The summed E-state index contributed by atoms with van der Waals surface area (Å²) in [5.74, 6) is -0.923. The summed E-state index contributed by atoms with van der Waals surface area (Å²) in [6.07, 6.45) is -0.323. The fourth-order valence-electron chi connectivity index (χ4n) is 4.61. The number of rotatable bonds is 9. The second kappa shape index (κ2) is 11.3. The Kier molecular flexibility index (Phi) is 9.16. The van der Waals surface area contributed by atoms with Crippen molar-refractivity contribution in [2.75, 3.05) is 21.3 Å². The van der Waals surface area contributed by atoms with Crippen molar-refractivity contribution in [2.24, 2.45) is 0 Å². The van der Waals surface area contributed by atoms with Crippen LogP contribution >= 0.6 is 0 Å². The molecular weight excluding hydrogens is 464 g/mol. The predicted molar refractivity (Wildman–Crippen MR) is 140 cm³/mol. The smallest absolute Gasteiger partial charge is 0.410 e. The first-order valence-corrected chi connectivity index (χ1v) is 14.8. The van der Waals surface area contributed by atoms with Crippen molar-refractivity contribution in [3.05, 3.63) is 29.3 Å². The van der Waals surface area contributed by atoms with Gasteiger partial charge in [0.1, 0.15) is 19.7 Å². The summed E-state index contributed by atoms with van der Waals surface area (Å²) in [5.41, 5.74) is 1.55. The van der Waals surface area contributed by atoms with E-state index in [2.05, 4.69) is 25.8 Å². The Morgan fingerprint density at radius 2 is 1.63 bits per heavy atom. The maximum atomic E-state index is 12.9. The molecule has 0 unspecified atom stereocenters. The van der Waals surface area contributed by atoms with E-state index in [1.165, 1.54) is 19.1 Å². The van der Waals surface area contributed by atoms with Crippen LogP contribution in [0.3, 0.4) is 0 Å². The predicted octanol–water partition coefficient (Wildman–Crippen LogP) is 4.62. The highest BCUT2D eigenvalue weighted by molar-refractivity contribution is 6.91. The Hall–Kier alpha value is -2.81. The summed E-state index contributed by atoms with van der Waals surface area (Å²) in [6.45, 7) is 12.0. The number of methoxy groups -OCH3 is 2. The van der Waals surface area contributed by atoms with Crippen molar-refractivity contribution in [3.63, 3.8) is 0 Å². The quantitative estimate of drug-likeness (QED) is 0.304. The topological polar surface area (TPSA) is 97.9 Å². The molecule has 1 aromatic carbocycles. The molecule has 8 nitrogen and oxygen atoms in total. The van der Waals surface area contributed by atoms with Crippen molar-refractivity contribution in [1.29, 1.82) is 0 Å². The normalized spacial score (nSPS) is 12.8. The van der Waals surface area contributed by atoms with Crippen LogP contribution < -0.4 is 5.32 Å². The van der Waals surface area contributed by atoms with Gasteiger partial charge in [0, 0.05) is 29.7 Å². The first-order chi connectivity index (χ1) is 16.4. The lowest BCUT2D eigenvalue weighted by Gasteiger charge is -2.32. The number of carbonyl (C=O) groups is 3. The van der Waals surface area contributed by atoms with Gasteiger partial charge in [0.05, 0.1) is 19.8 Å². The van der Waals surface area contributed by atoms with E-state index in [1.807, 2.05) is 6.07 Å². The molecule has 0 fully saturated rings. The van der Waals surface area contributed by atoms with Crippen LogP contribution in [0.1, 0.15) is 57.5 Å². The zero-order chi connectivity index (χ0) is 26.6. The van der Waals surface area contributed by atoms with E-state index in [0.717, 1.165) is 39.9 Å². The van der Waals surface area contributed by atoms with Gasteiger partial charge in [-0.2, -0.15) is 0 Å². The number of benzene rings is 1. The molecule has 2 aromatic rings. The molecule has 0 saturated carbocycles. The number of carbonyl (C=O) groups excluding carboxylic acids is 3. The van der Waals surface area contributed by atoms with E-state index in [4.69, 9.17) is 14.2 Å². The molecule has 1 aromatic heterocycles. The SMILES string of the molecule is CC[Si](CC)(CC)c1[nH]c2cc(C(=O)OC)ccc2c1C[C@H](C(=O)OC)N(C)C(=O)OC(C)(C)C. The molecule has 0 aliphatic rings. The van der Waals surface area contributed by atoms with Crippen LogP contribution in [0.25, 0.3) is 10.9 Å². The number of nitrogens with zero attached hydrogens (tertiary/aromatic N) is 1. The van der Waals surface area contributed by atoms with Crippen LogP contribution in [0.5, 0.6) is 0 Å². The summed E-state index contributed by atoms with van der Waals surface area (Å²) < 4.78 is 15.5. The molecule has 0 saturated heterocycles. The number of likely N-dealkylation sites (N-methyl/N-ethyl adjacent to an activating group) is 1. The van der Waals surface area contributed by atoms with Crippen molar-refractivity contribution < 1.29 is 28.6 Å². The molecule has 9 heteroatoms. The second-order valence-electron chi connectivity index (χ2n) is 9.91. The van der Waals surface area contributed by atoms with Gasteiger partial charge in [0.2, 0.25) is 0 Å². The highest BCUT2D eigenvalue weighted by atomic mass is 28.3. The number of nitrogens with one attached hydrogen (secondary N) is 1. The number of fused-ring (bicyclic) bond motifs is 1. The van der Waals surface area contributed by atoms with Crippen LogP contribution in [-0.4, -0.2) is 68.9 Å². The van der Waals surface area contributed by atoms with E-state index in [0.29, 0.717) is 5.56 Å². The molecule has 194 valence electrons. The van der Waals surface area contributed by atoms with Crippen LogP contribution in [0.4, 0.5) is 4.79 Å². The summed E-state index contributed by atoms with van der Waals surface area (Å²) in [4.78, 5) is 42.8. The third kappa shape index (κ3) is 6.06. The number of hydrogen-bond acceptors (Lipinski definition) is 6. The lowest BCUT2D eigenvalue weighted by molar-refractivity contribution is -0.146. The van der Waals surface area contributed by atoms with Crippen molar-refractivity contribution >= 4 is 42.3 Å². The zero-order valence-corrected chi connectivity index (χ0v) is 23.5. The molecule has 0 spiro atoms. The number of hydrogen-bond donors (Lipinski definition) is 1. The molecule has 2 rings (SSSR count). The number of aromatic nitrogens is 1. The number of ether oxygens (including phenoxy) is 3. The summed E-state index contributed by atoms with van der Waals surface area (Å²) in [5, 5.41) is 2.07. The fraction of sp³-hybridized carbons (Fsp3) is 0.577. The highest BCUT2D eigenvalue weighted by Gasteiger charge is 2.38. The van der Waals surface area contributed by atoms with Crippen molar-refractivity contribution in [3.8, 4) is 0 Å². The Bertz CT molecular complexity index is 1060. The average Bonchev–Trinajstić information content (AvgIpc) is 3.19. The molecule has 35 heavy (non-hydrogen) atoms. The number of amides is 1. The van der Waals surface area contributed by atoms with Gasteiger partial charge in [-0.15, -0.1) is 0 Å². The Morgan fingerprint density at radius 1 is 1.03 bits per heavy atom. The Balaban J connectivity index is 2.70. The number of aromatic amines is 1. The van der Waals surface area contributed by atoms with Gasteiger partial charge in [-0.1, -0.05) is 45.0 Å². The second-order valence-corrected chi connectivity index (χ2v) is 15.1. The van der Waals surface area contributed by atoms with E-state index < -0.39 is 37.7 Å². The van der Waals surface area contributed by atoms with E-state index in [-0.39, 0.29) is 6.42 Å². The third-order valence-electron chi connectivity index (χ3n) is 6.91. The molecule has 1 atom stereocenters. The molecule has 1 N–H and O–H groups in total. The molecule has 0 radical (unpaired) electrons. The minimum absolute atomic E-state index is 0.268. The molecule has 0 aliphatic carbocycles. The maximum absolute atomic E-state index is 12.9. The molecular formula is C26H40N2O6Si. The zero-order valence-electron chi connectivity index (χ0n) is 22.5. The van der Waals surface area contributed by atoms with E-state index in [9.17, 15) is 14.4 Å². The monoisotopic (exact) mass is 504 g/mol. The minimum atomic E-state index is -1.94. The van der Waals surface area contributed by atoms with Crippen LogP contribution in [0.2, 0.25) is 18.1 Å². The van der Waals surface area contributed by atoms with Gasteiger partial charge in [-0.3, -0.25) is 4.90 Å². The third-order valence-corrected chi connectivity index (χ3v) is 12.5. The maximum Gasteiger partial charge on any atom is 0.410 e. The number of H-pyrrole nitrogens is 1. The Morgan fingerprint density at radius 3 is 2.11 bits per heavy atom. The first kappa shape index (κ1) is 28.4. The molecule has 1 heterocycles. The highest BCUT2D eigenvalue weighted by Crippen LogP contribution is 2.29. The van der Waals surface area contributed by atoms with Gasteiger partial charge in [0.15, 0.2) is 0 Å². The fourth-order valence-corrected chi connectivity index (χ4v) is 8.45. The summed E-state index contributed by atoms with van der Waals surface area (Å²) >= 11 is 0. The molecule has 0 aliphatic heterocycles. The van der Waals surface area contributed by atoms with Crippen molar-refractivity contribution in [2.45, 2.75) is 77.7 Å². The summed E-state index contributed by atoms with van der Waals surface area (Å²) in [6, 6.07) is 7.60. The van der Waals surface area contributed by atoms with E-state index in [1.54, 1.807) is 40.0 Å². The molecule has 0 bridgehead atoms. The van der Waals surface area contributed by atoms with Gasteiger partial charge < -0.3 is 19.2 Å². The standard InChI is InChI=1S/C26H40N2O6Si/c1-10-35(11-2,12-3)22-19(18-14-13-17(23(29)32-8)15-20(18)27-22)16-21(24(30)33-9)28(7)25(31)34-26(4,5)6/h13-15,21,27H,10-12,16H2,1-9H3/t21-/m1/s1. The van der Waals surface area contributed by atoms with Crippen LogP contribution in [0, 0.1) is 0 Å². The van der Waals surface area contributed by atoms with Gasteiger partial charge in [0.25, 0.3) is 0 Å². The number of esters is 2. The van der Waals surface area contributed by atoms with Gasteiger partial charge in [-0.25, -0.2) is 14.4 Å². The van der Waals surface area contributed by atoms with Gasteiger partial charge >= 0.3 is 18.0 Å². The molecule has 1 amide bonds. The summed E-state index contributed by atoms with van der Waals surface area (Å²) in [7, 11) is 2.29. The van der Waals surface area contributed by atoms with Crippen LogP contribution in [-0.2, 0) is 25.4 Å². The Labute approximate surface area is 209 Å². The minimum Gasteiger partial charge on any atom is -0.467 e. The lowest BCUT2D eigenvalue weighted by Crippen LogP contribution is -2.51. The van der Waals surface area contributed by atoms with Gasteiger partial charge in [-0.05, 0) is 38.5 Å². The first-order valence-electron chi connectivity index (χ1n) is 12.1. The average molecular weight is 505 g/mol. The lowest BCUT2D eigenvalue weighted by atomic mass is 10.0. The van der Waals surface area contributed by atoms with Crippen molar-refractivity contribution in [1.82, 2.24) is 9.88 Å². The van der Waals surface area contributed by atoms with E-state index >= 15 is 0 Å².